The molecule has 0 radical (unpaired) electrons. The van der Waals surface area contributed by atoms with Crippen LogP contribution in [0.3, 0.4) is 0 Å². The number of carbonyl (C=O) groups is 2. The highest BCUT2D eigenvalue weighted by Gasteiger charge is 2.17. The highest BCUT2D eigenvalue weighted by Crippen LogP contribution is 2.04. The van der Waals surface area contributed by atoms with Gasteiger partial charge >= 0.3 is 0 Å². The van der Waals surface area contributed by atoms with Crippen LogP contribution < -0.4 is 5.32 Å². The van der Waals surface area contributed by atoms with Crippen LogP contribution >= 0.6 is 0 Å². The van der Waals surface area contributed by atoms with E-state index in [0.29, 0.717) is 31.8 Å². The van der Waals surface area contributed by atoms with Gasteiger partial charge in [0, 0.05) is 19.6 Å². The van der Waals surface area contributed by atoms with Gasteiger partial charge in [-0.15, -0.1) is 0 Å². The van der Waals surface area contributed by atoms with E-state index in [1.807, 2.05) is 0 Å². The summed E-state index contributed by atoms with van der Waals surface area (Å²) < 4.78 is 18.0. The summed E-state index contributed by atoms with van der Waals surface area (Å²) >= 11 is 0. The Labute approximate surface area is 116 Å². The highest BCUT2D eigenvalue weighted by molar-refractivity contribution is 5.79. The predicted molar refractivity (Wildman–Crippen MR) is 70.5 cm³/mol. The lowest BCUT2D eigenvalue weighted by Crippen LogP contribution is -2.45. The zero-order valence-electron chi connectivity index (χ0n) is 11.1. The average molecular weight is 280 g/mol. The van der Waals surface area contributed by atoms with Crippen LogP contribution in [-0.2, 0) is 20.7 Å². The zero-order chi connectivity index (χ0) is 14.4. The number of nitrogens with one attached hydrogen (secondary N) is 1. The lowest BCUT2D eigenvalue weighted by molar-refractivity contribution is -0.142. The van der Waals surface area contributed by atoms with E-state index in [-0.39, 0.29) is 30.7 Å². The highest BCUT2D eigenvalue weighted by atomic mass is 19.1. The number of ether oxygens (including phenoxy) is 1. The molecule has 1 N–H and O–H groups in total. The number of carbonyl (C=O) groups excluding carboxylic acids is 2. The number of hydrogen-bond acceptors (Lipinski definition) is 3. The number of rotatable bonds is 5. The van der Waals surface area contributed by atoms with Gasteiger partial charge in [-0.05, 0) is 17.7 Å². The number of morpholine rings is 1. The van der Waals surface area contributed by atoms with Gasteiger partial charge in [-0.1, -0.05) is 12.1 Å². The number of amides is 2. The fraction of sp³-hybridized carbons (Fsp3) is 0.429. The van der Waals surface area contributed by atoms with Crippen molar-refractivity contribution in [3.8, 4) is 0 Å². The van der Waals surface area contributed by atoms with Gasteiger partial charge < -0.3 is 15.0 Å². The molecule has 2 amide bonds. The van der Waals surface area contributed by atoms with Crippen molar-refractivity contribution in [1.29, 1.82) is 0 Å². The largest absolute Gasteiger partial charge is 0.370 e. The Balaban J connectivity index is 1.71. The molecule has 1 aliphatic heterocycles. The van der Waals surface area contributed by atoms with Gasteiger partial charge in [0.2, 0.25) is 11.8 Å². The normalized spacial score (nSPS) is 15.2. The fourth-order valence-corrected chi connectivity index (χ4v) is 2.01. The van der Waals surface area contributed by atoms with Crippen LogP contribution in [0, 0.1) is 5.82 Å². The molecule has 0 atom stereocenters. The van der Waals surface area contributed by atoms with E-state index in [0.717, 1.165) is 0 Å². The second-order valence-corrected chi connectivity index (χ2v) is 4.59. The Morgan fingerprint density at radius 2 is 2.30 bits per heavy atom. The minimum Gasteiger partial charge on any atom is -0.370 e. The molecule has 2 rings (SSSR count). The monoisotopic (exact) mass is 280 g/mol. The van der Waals surface area contributed by atoms with Crippen LogP contribution in [0.4, 0.5) is 4.39 Å². The summed E-state index contributed by atoms with van der Waals surface area (Å²) in [4.78, 5) is 24.8. The van der Waals surface area contributed by atoms with Crippen LogP contribution in [0.2, 0.25) is 0 Å². The number of halogens is 1. The third kappa shape index (κ3) is 4.31. The first-order chi connectivity index (χ1) is 9.65. The van der Waals surface area contributed by atoms with E-state index in [2.05, 4.69) is 5.32 Å². The molecule has 5 nitrogen and oxygen atoms in total. The van der Waals surface area contributed by atoms with E-state index < -0.39 is 0 Å². The summed E-state index contributed by atoms with van der Waals surface area (Å²) in [6, 6.07) is 5.95. The number of nitrogens with zero attached hydrogens (tertiary/aromatic N) is 1. The van der Waals surface area contributed by atoms with Crippen LogP contribution in [-0.4, -0.2) is 49.6 Å². The Morgan fingerprint density at radius 3 is 3.05 bits per heavy atom. The molecule has 6 heteroatoms. The predicted octanol–water partition coefficient (Wildman–Crippen LogP) is 0.343. The van der Waals surface area contributed by atoms with Crippen LogP contribution in [0.1, 0.15) is 5.56 Å². The molecular weight excluding hydrogens is 263 g/mol. The maximum Gasteiger partial charge on any atom is 0.248 e. The molecule has 0 bridgehead atoms. The van der Waals surface area contributed by atoms with Crippen molar-refractivity contribution in [2.45, 2.75) is 6.42 Å². The van der Waals surface area contributed by atoms with Gasteiger partial charge in [-0.3, -0.25) is 9.59 Å². The van der Waals surface area contributed by atoms with Crippen LogP contribution in [0.5, 0.6) is 0 Å². The first-order valence-corrected chi connectivity index (χ1v) is 6.52. The molecule has 1 fully saturated rings. The number of hydrogen-bond donors (Lipinski definition) is 1. The smallest absolute Gasteiger partial charge is 0.248 e. The van der Waals surface area contributed by atoms with Gasteiger partial charge in [0.25, 0.3) is 0 Å². The zero-order valence-corrected chi connectivity index (χ0v) is 11.1. The molecule has 0 unspecified atom stereocenters. The molecule has 1 aromatic rings. The van der Waals surface area contributed by atoms with Crippen molar-refractivity contribution in [2.75, 3.05) is 32.8 Å². The van der Waals surface area contributed by atoms with Crippen molar-refractivity contribution in [1.82, 2.24) is 10.2 Å². The molecule has 1 aromatic carbocycles. The van der Waals surface area contributed by atoms with Crippen molar-refractivity contribution in [3.63, 3.8) is 0 Å². The Bertz CT molecular complexity index is 493. The average Bonchev–Trinajstić information content (AvgIpc) is 2.41. The lowest BCUT2D eigenvalue weighted by atomic mass is 10.1. The molecule has 108 valence electrons. The van der Waals surface area contributed by atoms with E-state index in [9.17, 15) is 14.0 Å². The molecule has 1 aliphatic rings. The van der Waals surface area contributed by atoms with Gasteiger partial charge in [-0.25, -0.2) is 4.39 Å². The first-order valence-electron chi connectivity index (χ1n) is 6.52. The topological polar surface area (TPSA) is 58.6 Å². The SMILES string of the molecule is O=C(Cc1cccc(F)c1)NCCN1CCOCC1=O. The molecule has 0 aliphatic carbocycles. The second-order valence-electron chi connectivity index (χ2n) is 4.59. The van der Waals surface area contributed by atoms with Crippen molar-refractivity contribution < 1.29 is 18.7 Å². The second kappa shape index (κ2) is 7.00. The number of benzene rings is 1. The third-order valence-corrected chi connectivity index (χ3v) is 3.04. The summed E-state index contributed by atoms with van der Waals surface area (Å²) in [5.74, 6) is -0.596. The maximum absolute atomic E-state index is 13.0. The molecule has 20 heavy (non-hydrogen) atoms. The van der Waals surface area contributed by atoms with Crippen LogP contribution in [0.15, 0.2) is 24.3 Å². The van der Waals surface area contributed by atoms with E-state index in [1.165, 1.54) is 12.1 Å². The van der Waals surface area contributed by atoms with Gasteiger partial charge in [0.05, 0.1) is 13.0 Å². The Morgan fingerprint density at radius 1 is 1.45 bits per heavy atom. The molecule has 1 saturated heterocycles. The maximum atomic E-state index is 13.0. The Kier molecular flexibility index (Phi) is 5.06. The third-order valence-electron chi connectivity index (χ3n) is 3.04. The van der Waals surface area contributed by atoms with Crippen molar-refractivity contribution in [3.05, 3.63) is 35.6 Å². The molecule has 0 saturated carbocycles. The quantitative estimate of drug-likeness (QED) is 0.846. The minimum atomic E-state index is -0.353. The summed E-state index contributed by atoms with van der Waals surface area (Å²) in [7, 11) is 0. The molecule has 0 aromatic heterocycles. The Hall–Kier alpha value is -1.95. The van der Waals surface area contributed by atoms with Crippen molar-refractivity contribution in [2.24, 2.45) is 0 Å². The molecular formula is C14H17FN2O3. The van der Waals surface area contributed by atoms with Gasteiger partial charge in [0.15, 0.2) is 0 Å². The summed E-state index contributed by atoms with van der Waals surface area (Å²) in [5, 5.41) is 2.72. The summed E-state index contributed by atoms with van der Waals surface area (Å²) in [6.45, 7) is 2.05. The molecule has 0 spiro atoms. The molecule has 1 heterocycles. The van der Waals surface area contributed by atoms with E-state index in [4.69, 9.17) is 4.74 Å². The van der Waals surface area contributed by atoms with E-state index >= 15 is 0 Å². The van der Waals surface area contributed by atoms with E-state index in [1.54, 1.807) is 17.0 Å². The van der Waals surface area contributed by atoms with Crippen LogP contribution in [0.25, 0.3) is 0 Å². The fourth-order valence-electron chi connectivity index (χ4n) is 2.01. The standard InChI is InChI=1S/C14H17FN2O3/c15-12-3-1-2-11(8-12)9-13(18)16-4-5-17-6-7-20-10-14(17)19/h1-3,8H,4-7,9-10H2,(H,16,18). The van der Waals surface area contributed by atoms with Gasteiger partial charge in [0.1, 0.15) is 12.4 Å². The van der Waals surface area contributed by atoms with Gasteiger partial charge in [-0.2, -0.15) is 0 Å². The summed E-state index contributed by atoms with van der Waals surface area (Å²) in [5.41, 5.74) is 0.630. The summed E-state index contributed by atoms with van der Waals surface area (Å²) in [6.07, 6.45) is 0.134. The first kappa shape index (κ1) is 14.5. The lowest BCUT2D eigenvalue weighted by Gasteiger charge is -2.26. The minimum absolute atomic E-state index is 0.0596. The van der Waals surface area contributed by atoms with Crippen molar-refractivity contribution >= 4 is 11.8 Å².